The van der Waals surface area contributed by atoms with Gasteiger partial charge in [-0.15, -0.1) is 0 Å². The van der Waals surface area contributed by atoms with E-state index in [1.165, 1.54) is 12.1 Å². The molecule has 0 saturated heterocycles. The smallest absolute Gasteiger partial charge is 0.269 e. The molecule has 0 aliphatic carbocycles. The molecule has 0 saturated carbocycles. The Kier molecular flexibility index (Phi) is 3.41. The molecule has 1 aromatic heterocycles. The Bertz CT molecular complexity index is 558. The summed E-state index contributed by atoms with van der Waals surface area (Å²) in [6.07, 6.45) is 0.819. The van der Waals surface area contributed by atoms with Gasteiger partial charge in [0.05, 0.1) is 10.6 Å². The van der Waals surface area contributed by atoms with Crippen LogP contribution in [0, 0.1) is 24.0 Å². The standard InChI is InChI=1S/C13H15N3O2/c1-10-9-11(2)15(14-10)8-7-12-3-5-13(6-4-12)16(17)18/h3-6,9H,7-8H2,1-2H3. The topological polar surface area (TPSA) is 61.0 Å². The van der Waals surface area contributed by atoms with Crippen molar-refractivity contribution < 1.29 is 4.92 Å². The number of nitro groups is 1. The number of hydrogen-bond donors (Lipinski definition) is 0. The lowest BCUT2D eigenvalue weighted by molar-refractivity contribution is -0.384. The SMILES string of the molecule is Cc1cc(C)n(CCc2ccc([N+](=O)[O-])cc2)n1. The summed E-state index contributed by atoms with van der Waals surface area (Å²) in [4.78, 5) is 10.1. The van der Waals surface area contributed by atoms with E-state index in [0.29, 0.717) is 0 Å². The van der Waals surface area contributed by atoms with E-state index in [1.54, 1.807) is 12.1 Å². The zero-order chi connectivity index (χ0) is 13.1. The van der Waals surface area contributed by atoms with Crippen LogP contribution in [0.4, 0.5) is 5.69 Å². The predicted molar refractivity (Wildman–Crippen MR) is 68.5 cm³/mol. The van der Waals surface area contributed by atoms with Crippen LogP contribution in [-0.4, -0.2) is 14.7 Å². The van der Waals surface area contributed by atoms with Gasteiger partial charge in [0.2, 0.25) is 0 Å². The van der Waals surface area contributed by atoms with Crippen molar-refractivity contribution in [2.75, 3.05) is 0 Å². The average molecular weight is 245 g/mol. The molecular weight excluding hydrogens is 230 g/mol. The van der Waals surface area contributed by atoms with E-state index >= 15 is 0 Å². The van der Waals surface area contributed by atoms with E-state index in [9.17, 15) is 10.1 Å². The number of nitrogens with zero attached hydrogens (tertiary/aromatic N) is 3. The number of aryl methyl sites for hydroxylation is 4. The van der Waals surface area contributed by atoms with Gasteiger partial charge in [0.15, 0.2) is 0 Å². The molecule has 18 heavy (non-hydrogen) atoms. The van der Waals surface area contributed by atoms with Crippen LogP contribution in [0.3, 0.4) is 0 Å². The summed E-state index contributed by atoms with van der Waals surface area (Å²) in [5, 5.41) is 14.9. The van der Waals surface area contributed by atoms with E-state index < -0.39 is 0 Å². The molecule has 0 unspecified atom stereocenters. The zero-order valence-electron chi connectivity index (χ0n) is 10.5. The molecule has 5 nitrogen and oxygen atoms in total. The molecule has 0 amide bonds. The molecule has 0 atom stereocenters. The fraction of sp³-hybridized carbons (Fsp3) is 0.308. The Labute approximate surface area is 105 Å². The van der Waals surface area contributed by atoms with E-state index in [4.69, 9.17) is 0 Å². The summed E-state index contributed by atoms with van der Waals surface area (Å²) in [6, 6.07) is 8.70. The highest BCUT2D eigenvalue weighted by atomic mass is 16.6. The lowest BCUT2D eigenvalue weighted by Crippen LogP contribution is -2.05. The van der Waals surface area contributed by atoms with Crippen molar-refractivity contribution in [1.29, 1.82) is 0 Å². The van der Waals surface area contributed by atoms with Gasteiger partial charge in [-0.25, -0.2) is 0 Å². The van der Waals surface area contributed by atoms with Crippen LogP contribution in [0.15, 0.2) is 30.3 Å². The van der Waals surface area contributed by atoms with Gasteiger partial charge in [-0.1, -0.05) is 12.1 Å². The first-order chi connectivity index (χ1) is 8.56. The molecule has 0 N–H and O–H groups in total. The Morgan fingerprint density at radius 3 is 2.44 bits per heavy atom. The molecule has 94 valence electrons. The Morgan fingerprint density at radius 2 is 1.94 bits per heavy atom. The van der Waals surface area contributed by atoms with Crippen LogP contribution in [-0.2, 0) is 13.0 Å². The van der Waals surface area contributed by atoms with Gasteiger partial charge in [0, 0.05) is 24.4 Å². The molecule has 0 aliphatic heterocycles. The van der Waals surface area contributed by atoms with Gasteiger partial charge in [-0.2, -0.15) is 5.10 Å². The largest absolute Gasteiger partial charge is 0.269 e. The van der Waals surface area contributed by atoms with E-state index in [0.717, 1.165) is 29.9 Å². The van der Waals surface area contributed by atoms with Crippen molar-refractivity contribution in [2.45, 2.75) is 26.8 Å². The summed E-state index contributed by atoms with van der Waals surface area (Å²) in [5.41, 5.74) is 3.35. The van der Waals surface area contributed by atoms with Crippen LogP contribution in [0.5, 0.6) is 0 Å². The third kappa shape index (κ3) is 2.74. The maximum atomic E-state index is 10.5. The Balaban J connectivity index is 2.02. The lowest BCUT2D eigenvalue weighted by Gasteiger charge is -2.04. The van der Waals surface area contributed by atoms with E-state index in [2.05, 4.69) is 5.10 Å². The molecule has 0 spiro atoms. The number of non-ortho nitro benzene ring substituents is 1. The summed E-state index contributed by atoms with van der Waals surface area (Å²) in [5.74, 6) is 0. The van der Waals surface area contributed by atoms with Crippen LogP contribution in [0.1, 0.15) is 17.0 Å². The minimum absolute atomic E-state index is 0.130. The number of aromatic nitrogens is 2. The van der Waals surface area contributed by atoms with Crippen LogP contribution in [0.25, 0.3) is 0 Å². The van der Waals surface area contributed by atoms with Gasteiger partial charge in [0.1, 0.15) is 0 Å². The lowest BCUT2D eigenvalue weighted by atomic mass is 10.1. The summed E-state index contributed by atoms with van der Waals surface area (Å²) in [6.45, 7) is 4.78. The molecule has 1 heterocycles. The number of rotatable bonds is 4. The molecule has 1 aromatic carbocycles. The molecule has 0 aliphatic rings. The molecule has 0 bridgehead atoms. The maximum absolute atomic E-state index is 10.5. The van der Waals surface area contributed by atoms with Gasteiger partial charge < -0.3 is 0 Å². The molecule has 5 heteroatoms. The van der Waals surface area contributed by atoms with E-state index in [-0.39, 0.29) is 10.6 Å². The second-order valence-corrected chi connectivity index (χ2v) is 4.32. The fourth-order valence-corrected chi connectivity index (χ4v) is 1.92. The van der Waals surface area contributed by atoms with Crippen LogP contribution >= 0.6 is 0 Å². The molecule has 0 radical (unpaired) electrons. The molecule has 2 aromatic rings. The number of benzene rings is 1. The van der Waals surface area contributed by atoms with Gasteiger partial charge in [-0.05, 0) is 31.9 Å². The quantitative estimate of drug-likeness (QED) is 0.614. The number of nitro benzene ring substituents is 1. The first-order valence-electron chi connectivity index (χ1n) is 5.80. The second kappa shape index (κ2) is 5.00. The minimum atomic E-state index is -0.384. The first-order valence-corrected chi connectivity index (χ1v) is 5.80. The summed E-state index contributed by atoms with van der Waals surface area (Å²) < 4.78 is 1.96. The average Bonchev–Trinajstić information content (AvgIpc) is 2.66. The normalized spacial score (nSPS) is 10.6. The Hall–Kier alpha value is -2.17. The second-order valence-electron chi connectivity index (χ2n) is 4.32. The summed E-state index contributed by atoms with van der Waals surface area (Å²) >= 11 is 0. The highest BCUT2D eigenvalue weighted by Crippen LogP contribution is 2.13. The third-order valence-corrected chi connectivity index (χ3v) is 2.86. The van der Waals surface area contributed by atoms with Crippen molar-refractivity contribution in [3.63, 3.8) is 0 Å². The minimum Gasteiger partial charge on any atom is -0.269 e. The van der Waals surface area contributed by atoms with Crippen LogP contribution < -0.4 is 0 Å². The zero-order valence-corrected chi connectivity index (χ0v) is 10.5. The van der Waals surface area contributed by atoms with Gasteiger partial charge >= 0.3 is 0 Å². The molecule has 0 fully saturated rings. The van der Waals surface area contributed by atoms with E-state index in [1.807, 2.05) is 24.6 Å². The van der Waals surface area contributed by atoms with Crippen molar-refractivity contribution in [2.24, 2.45) is 0 Å². The maximum Gasteiger partial charge on any atom is 0.269 e. The fourth-order valence-electron chi connectivity index (χ4n) is 1.92. The molecule has 2 rings (SSSR count). The highest BCUT2D eigenvalue weighted by molar-refractivity contribution is 5.32. The first kappa shape index (κ1) is 12.3. The Morgan fingerprint density at radius 1 is 1.28 bits per heavy atom. The van der Waals surface area contributed by atoms with Crippen LogP contribution in [0.2, 0.25) is 0 Å². The van der Waals surface area contributed by atoms with Crippen molar-refractivity contribution in [3.05, 3.63) is 57.4 Å². The monoisotopic (exact) mass is 245 g/mol. The predicted octanol–water partition coefficient (Wildman–Crippen LogP) is 2.65. The summed E-state index contributed by atoms with van der Waals surface area (Å²) in [7, 11) is 0. The van der Waals surface area contributed by atoms with Gasteiger partial charge in [0.25, 0.3) is 5.69 Å². The highest BCUT2D eigenvalue weighted by Gasteiger charge is 2.05. The van der Waals surface area contributed by atoms with Crippen molar-refractivity contribution in [1.82, 2.24) is 9.78 Å². The number of hydrogen-bond acceptors (Lipinski definition) is 3. The molecular formula is C13H15N3O2. The van der Waals surface area contributed by atoms with Crippen molar-refractivity contribution in [3.8, 4) is 0 Å². The van der Waals surface area contributed by atoms with Crippen molar-refractivity contribution >= 4 is 5.69 Å². The third-order valence-electron chi connectivity index (χ3n) is 2.86. The van der Waals surface area contributed by atoms with Gasteiger partial charge in [-0.3, -0.25) is 14.8 Å².